The first-order valence-corrected chi connectivity index (χ1v) is 6.29. The standard InChI is InChI=1S/C9H13N3O4S/c1-2-16-9(13)11-7-3-5-8(6-4-7)12-17(10,14)15/h3-6,12H,2H2,1H3,(H,11,13)(H2,10,14,15). The quantitative estimate of drug-likeness (QED) is 0.745. The third kappa shape index (κ3) is 5.18. The summed E-state index contributed by atoms with van der Waals surface area (Å²) in [6, 6.07) is 5.97. The van der Waals surface area contributed by atoms with E-state index in [0.717, 1.165) is 0 Å². The highest BCUT2D eigenvalue weighted by atomic mass is 32.2. The third-order valence-electron chi connectivity index (χ3n) is 1.67. The molecule has 17 heavy (non-hydrogen) atoms. The highest BCUT2D eigenvalue weighted by Gasteiger charge is 2.04. The van der Waals surface area contributed by atoms with Crippen LogP contribution < -0.4 is 15.2 Å². The summed E-state index contributed by atoms with van der Waals surface area (Å²) in [5, 5.41) is 7.26. The minimum absolute atomic E-state index is 0.275. The molecule has 0 radical (unpaired) electrons. The molecule has 0 aromatic heterocycles. The minimum Gasteiger partial charge on any atom is -0.450 e. The van der Waals surface area contributed by atoms with Crippen LogP contribution in [-0.4, -0.2) is 21.1 Å². The van der Waals surface area contributed by atoms with Crippen LogP contribution in [0.15, 0.2) is 24.3 Å². The number of amides is 1. The van der Waals surface area contributed by atoms with Crippen molar-refractivity contribution in [3.63, 3.8) is 0 Å². The summed E-state index contributed by atoms with van der Waals surface area (Å²) in [6.07, 6.45) is -0.570. The van der Waals surface area contributed by atoms with E-state index in [0.29, 0.717) is 11.4 Å². The van der Waals surface area contributed by atoms with Crippen molar-refractivity contribution in [2.45, 2.75) is 6.92 Å². The van der Waals surface area contributed by atoms with Crippen LogP contribution in [0.5, 0.6) is 0 Å². The summed E-state index contributed by atoms with van der Waals surface area (Å²) in [6.45, 7) is 1.97. The lowest BCUT2D eigenvalue weighted by atomic mass is 10.3. The maximum atomic E-state index is 11.1. The van der Waals surface area contributed by atoms with Gasteiger partial charge in [-0.15, -0.1) is 0 Å². The number of rotatable bonds is 4. The van der Waals surface area contributed by atoms with Gasteiger partial charge in [0.15, 0.2) is 0 Å². The first-order chi connectivity index (χ1) is 7.90. The molecule has 94 valence electrons. The maximum Gasteiger partial charge on any atom is 0.411 e. The molecule has 0 saturated carbocycles. The number of nitrogens with one attached hydrogen (secondary N) is 2. The SMILES string of the molecule is CCOC(=O)Nc1ccc(NS(N)(=O)=O)cc1. The molecule has 0 heterocycles. The molecule has 1 amide bonds. The van der Waals surface area contributed by atoms with Gasteiger partial charge in [-0.2, -0.15) is 8.42 Å². The van der Waals surface area contributed by atoms with Gasteiger partial charge in [0.1, 0.15) is 0 Å². The van der Waals surface area contributed by atoms with E-state index in [1.54, 1.807) is 6.92 Å². The van der Waals surface area contributed by atoms with Crippen LogP contribution in [0.2, 0.25) is 0 Å². The topological polar surface area (TPSA) is 111 Å². The molecule has 0 unspecified atom stereocenters. The molecule has 7 nitrogen and oxygen atoms in total. The Labute approximate surface area is 99.1 Å². The molecule has 0 spiro atoms. The smallest absolute Gasteiger partial charge is 0.411 e. The lowest BCUT2D eigenvalue weighted by Crippen LogP contribution is -2.21. The first kappa shape index (κ1) is 13.3. The zero-order valence-electron chi connectivity index (χ0n) is 9.14. The van der Waals surface area contributed by atoms with Crippen molar-refractivity contribution < 1.29 is 17.9 Å². The molecule has 1 rings (SSSR count). The number of ether oxygens (including phenoxy) is 1. The van der Waals surface area contributed by atoms with Gasteiger partial charge in [0, 0.05) is 11.4 Å². The second kappa shape index (κ2) is 5.51. The highest BCUT2D eigenvalue weighted by molar-refractivity contribution is 7.90. The first-order valence-electron chi connectivity index (χ1n) is 4.75. The molecule has 1 aromatic carbocycles. The lowest BCUT2D eigenvalue weighted by Gasteiger charge is -2.07. The molecular formula is C9H13N3O4S. The predicted octanol–water partition coefficient (Wildman–Crippen LogP) is 0.870. The van der Waals surface area contributed by atoms with E-state index in [9.17, 15) is 13.2 Å². The number of carbonyl (C=O) groups is 1. The molecule has 1 aromatic rings. The van der Waals surface area contributed by atoms with Crippen molar-refractivity contribution in [3.05, 3.63) is 24.3 Å². The van der Waals surface area contributed by atoms with Gasteiger partial charge in [0.2, 0.25) is 0 Å². The number of hydrogen-bond donors (Lipinski definition) is 3. The van der Waals surface area contributed by atoms with Crippen LogP contribution in [0.1, 0.15) is 6.92 Å². The number of benzene rings is 1. The van der Waals surface area contributed by atoms with Crippen LogP contribution in [0.4, 0.5) is 16.2 Å². The second-order valence-corrected chi connectivity index (χ2v) is 4.36. The molecule has 0 aliphatic heterocycles. The largest absolute Gasteiger partial charge is 0.450 e. The number of anilines is 2. The normalized spacial score (nSPS) is 10.7. The van der Waals surface area contributed by atoms with Gasteiger partial charge in [-0.1, -0.05) is 0 Å². The Morgan fingerprint density at radius 1 is 1.29 bits per heavy atom. The average Bonchev–Trinajstić information content (AvgIpc) is 2.19. The summed E-state index contributed by atoms with van der Waals surface area (Å²) >= 11 is 0. The Morgan fingerprint density at radius 3 is 2.29 bits per heavy atom. The Bertz CT molecular complexity index is 483. The van der Waals surface area contributed by atoms with Crippen molar-refractivity contribution in [3.8, 4) is 0 Å². The van der Waals surface area contributed by atoms with Gasteiger partial charge in [-0.3, -0.25) is 10.0 Å². The van der Waals surface area contributed by atoms with E-state index < -0.39 is 16.3 Å². The molecule has 0 saturated heterocycles. The summed E-state index contributed by atoms with van der Waals surface area (Å²) in [7, 11) is -3.78. The van der Waals surface area contributed by atoms with Gasteiger partial charge >= 0.3 is 6.09 Å². The Morgan fingerprint density at radius 2 is 1.82 bits per heavy atom. The van der Waals surface area contributed by atoms with E-state index in [2.05, 4.69) is 14.8 Å². The molecule has 0 fully saturated rings. The minimum atomic E-state index is -3.78. The highest BCUT2D eigenvalue weighted by Crippen LogP contribution is 2.14. The van der Waals surface area contributed by atoms with Crippen LogP contribution in [0.25, 0.3) is 0 Å². The van der Waals surface area contributed by atoms with Crippen molar-refractivity contribution in [2.24, 2.45) is 5.14 Å². The number of nitrogens with two attached hydrogens (primary N) is 1. The van der Waals surface area contributed by atoms with Crippen LogP contribution in [0.3, 0.4) is 0 Å². The fraction of sp³-hybridized carbons (Fsp3) is 0.222. The predicted molar refractivity (Wildman–Crippen MR) is 63.8 cm³/mol. The zero-order chi connectivity index (χ0) is 12.9. The van der Waals surface area contributed by atoms with Gasteiger partial charge in [0.05, 0.1) is 6.61 Å². The molecule has 4 N–H and O–H groups in total. The van der Waals surface area contributed by atoms with Crippen molar-refractivity contribution in [2.75, 3.05) is 16.6 Å². The average molecular weight is 259 g/mol. The van der Waals surface area contributed by atoms with Crippen LogP contribution in [-0.2, 0) is 14.9 Å². The molecular weight excluding hydrogens is 246 g/mol. The van der Waals surface area contributed by atoms with Crippen molar-refractivity contribution >= 4 is 27.7 Å². The van der Waals surface area contributed by atoms with E-state index in [1.807, 2.05) is 0 Å². The molecule has 0 aliphatic carbocycles. The van der Waals surface area contributed by atoms with Gasteiger partial charge in [-0.05, 0) is 31.2 Å². The lowest BCUT2D eigenvalue weighted by molar-refractivity contribution is 0.168. The Balaban J connectivity index is 2.65. The van der Waals surface area contributed by atoms with Gasteiger partial charge in [-0.25, -0.2) is 9.93 Å². The van der Waals surface area contributed by atoms with Crippen LogP contribution >= 0.6 is 0 Å². The molecule has 0 bridgehead atoms. The number of hydrogen-bond acceptors (Lipinski definition) is 4. The fourth-order valence-corrected chi connectivity index (χ4v) is 1.54. The maximum absolute atomic E-state index is 11.1. The van der Waals surface area contributed by atoms with Gasteiger partial charge < -0.3 is 4.74 Å². The van der Waals surface area contributed by atoms with Crippen molar-refractivity contribution in [1.29, 1.82) is 0 Å². The monoisotopic (exact) mass is 259 g/mol. The third-order valence-corrected chi connectivity index (χ3v) is 2.19. The van der Waals surface area contributed by atoms with Gasteiger partial charge in [0.25, 0.3) is 10.2 Å². The summed E-state index contributed by atoms with van der Waals surface area (Å²) < 4.78 is 28.2. The number of carbonyl (C=O) groups excluding carboxylic acids is 1. The van der Waals surface area contributed by atoms with E-state index >= 15 is 0 Å². The summed E-state index contributed by atoms with van der Waals surface area (Å²) in [5.74, 6) is 0. The molecule has 8 heteroatoms. The molecule has 0 aliphatic rings. The second-order valence-electron chi connectivity index (χ2n) is 3.07. The summed E-state index contributed by atoms with van der Waals surface area (Å²) in [4.78, 5) is 11.1. The molecule has 0 atom stereocenters. The van der Waals surface area contributed by atoms with E-state index in [1.165, 1.54) is 24.3 Å². The summed E-state index contributed by atoms with van der Waals surface area (Å²) in [5.41, 5.74) is 0.797. The van der Waals surface area contributed by atoms with Crippen molar-refractivity contribution in [1.82, 2.24) is 0 Å². The van der Waals surface area contributed by atoms with E-state index in [4.69, 9.17) is 5.14 Å². The van der Waals surface area contributed by atoms with Crippen LogP contribution in [0, 0.1) is 0 Å². The Kier molecular flexibility index (Phi) is 4.30. The zero-order valence-corrected chi connectivity index (χ0v) is 9.95. The van der Waals surface area contributed by atoms with E-state index in [-0.39, 0.29) is 6.61 Å². The Hall–Kier alpha value is -1.80. The fourth-order valence-electron chi connectivity index (χ4n) is 1.07.